The van der Waals surface area contributed by atoms with E-state index in [1.54, 1.807) is 0 Å². The number of hydrogen-bond donors (Lipinski definition) is 4. The Morgan fingerprint density at radius 3 is 2.67 bits per heavy atom. The molecular formula is C9H12N2O4. The van der Waals surface area contributed by atoms with E-state index in [-0.39, 0.29) is 17.7 Å². The fourth-order valence-corrected chi connectivity index (χ4v) is 1.09. The van der Waals surface area contributed by atoms with Gasteiger partial charge >= 0.3 is 5.97 Å². The maximum absolute atomic E-state index is 10.6. The standard InChI is InChI=1S/C9H12N2O4/c10-2-7(12)8(13)5-1-6(9(14)15)4-11-3-5/h1,3-4,7-8,12-13H,2,10H2,(H,14,15). The highest BCUT2D eigenvalue weighted by molar-refractivity contribution is 5.87. The quantitative estimate of drug-likeness (QED) is 0.515. The summed E-state index contributed by atoms with van der Waals surface area (Å²) in [5.74, 6) is -1.14. The van der Waals surface area contributed by atoms with Crippen LogP contribution in [0.25, 0.3) is 0 Å². The van der Waals surface area contributed by atoms with E-state index in [0.29, 0.717) is 0 Å². The minimum atomic E-state index is -1.22. The van der Waals surface area contributed by atoms with Crippen LogP contribution in [0, 0.1) is 0 Å². The largest absolute Gasteiger partial charge is 0.478 e. The van der Waals surface area contributed by atoms with Gasteiger partial charge in [0.1, 0.15) is 6.10 Å². The van der Waals surface area contributed by atoms with Gasteiger partial charge in [0.2, 0.25) is 0 Å². The summed E-state index contributed by atoms with van der Waals surface area (Å²) in [7, 11) is 0. The molecule has 0 fully saturated rings. The van der Waals surface area contributed by atoms with Gasteiger partial charge in [0.05, 0.1) is 11.7 Å². The smallest absolute Gasteiger partial charge is 0.337 e. The topological polar surface area (TPSA) is 117 Å². The molecule has 0 saturated heterocycles. The molecule has 1 heterocycles. The number of aromatic nitrogens is 1. The summed E-state index contributed by atoms with van der Waals surface area (Å²) in [5.41, 5.74) is 5.35. The van der Waals surface area contributed by atoms with E-state index in [4.69, 9.17) is 10.8 Å². The molecule has 0 saturated carbocycles. The van der Waals surface area contributed by atoms with Gasteiger partial charge in [0.15, 0.2) is 0 Å². The first-order valence-corrected chi connectivity index (χ1v) is 4.30. The normalized spacial score (nSPS) is 14.6. The molecule has 0 aliphatic carbocycles. The molecule has 2 atom stereocenters. The van der Waals surface area contributed by atoms with Crippen molar-refractivity contribution >= 4 is 5.97 Å². The fourth-order valence-electron chi connectivity index (χ4n) is 1.09. The Hall–Kier alpha value is -1.50. The van der Waals surface area contributed by atoms with Crippen LogP contribution in [0.3, 0.4) is 0 Å². The third-order valence-corrected chi connectivity index (χ3v) is 1.95. The van der Waals surface area contributed by atoms with Gasteiger partial charge in [0.25, 0.3) is 0 Å². The van der Waals surface area contributed by atoms with Crippen molar-refractivity contribution in [2.45, 2.75) is 12.2 Å². The summed E-state index contributed by atoms with van der Waals surface area (Å²) in [5, 5.41) is 27.5. The van der Waals surface area contributed by atoms with Gasteiger partial charge in [-0.15, -0.1) is 0 Å². The van der Waals surface area contributed by atoms with Crippen LogP contribution in [-0.4, -0.2) is 38.9 Å². The highest BCUT2D eigenvalue weighted by atomic mass is 16.4. The Kier molecular flexibility index (Phi) is 3.73. The number of pyridine rings is 1. The van der Waals surface area contributed by atoms with Crippen molar-refractivity contribution in [2.75, 3.05) is 6.54 Å². The van der Waals surface area contributed by atoms with E-state index in [1.807, 2.05) is 0 Å². The molecule has 0 bridgehead atoms. The number of carbonyl (C=O) groups is 1. The first-order valence-electron chi connectivity index (χ1n) is 4.30. The second kappa shape index (κ2) is 4.83. The Balaban J connectivity index is 2.94. The molecule has 5 N–H and O–H groups in total. The van der Waals surface area contributed by atoms with Gasteiger partial charge in [-0.05, 0) is 6.07 Å². The molecule has 82 valence electrons. The molecule has 1 aromatic heterocycles. The van der Waals surface area contributed by atoms with Crippen LogP contribution in [0.1, 0.15) is 22.0 Å². The monoisotopic (exact) mass is 212 g/mol. The lowest BCUT2D eigenvalue weighted by Crippen LogP contribution is -2.27. The SMILES string of the molecule is NCC(O)C(O)c1cncc(C(=O)O)c1. The molecule has 15 heavy (non-hydrogen) atoms. The summed E-state index contributed by atoms with van der Waals surface area (Å²) in [6.07, 6.45) is 0.0984. The summed E-state index contributed by atoms with van der Waals surface area (Å²) in [6.45, 7) is -0.113. The van der Waals surface area contributed by atoms with Crippen LogP contribution in [0.15, 0.2) is 18.5 Å². The molecule has 6 heteroatoms. The van der Waals surface area contributed by atoms with Crippen molar-refractivity contribution in [2.24, 2.45) is 5.73 Å². The van der Waals surface area contributed by atoms with Gasteiger partial charge in [-0.25, -0.2) is 4.79 Å². The van der Waals surface area contributed by atoms with Gasteiger partial charge in [-0.3, -0.25) is 4.98 Å². The Morgan fingerprint density at radius 2 is 2.13 bits per heavy atom. The zero-order chi connectivity index (χ0) is 11.4. The second-order valence-corrected chi connectivity index (χ2v) is 3.06. The second-order valence-electron chi connectivity index (χ2n) is 3.06. The minimum Gasteiger partial charge on any atom is -0.478 e. The molecule has 0 aliphatic heterocycles. The zero-order valence-electron chi connectivity index (χ0n) is 7.87. The Labute approximate surface area is 86.0 Å². The molecular weight excluding hydrogens is 200 g/mol. The van der Waals surface area contributed by atoms with Gasteiger partial charge in [0, 0.05) is 24.5 Å². The summed E-state index contributed by atoms with van der Waals surface area (Å²) in [4.78, 5) is 14.3. The first kappa shape index (κ1) is 11.6. The van der Waals surface area contributed by atoms with Crippen LogP contribution >= 0.6 is 0 Å². The highest BCUT2D eigenvalue weighted by Gasteiger charge is 2.18. The number of rotatable bonds is 4. The molecule has 6 nitrogen and oxygen atoms in total. The van der Waals surface area contributed by atoms with Crippen molar-refractivity contribution in [3.05, 3.63) is 29.6 Å². The highest BCUT2D eigenvalue weighted by Crippen LogP contribution is 2.16. The molecule has 0 amide bonds. The van der Waals surface area contributed by atoms with Gasteiger partial charge in [-0.2, -0.15) is 0 Å². The van der Waals surface area contributed by atoms with Gasteiger partial charge < -0.3 is 21.1 Å². The number of aliphatic hydroxyl groups excluding tert-OH is 2. The van der Waals surface area contributed by atoms with E-state index in [1.165, 1.54) is 12.3 Å². The molecule has 0 aliphatic rings. The van der Waals surface area contributed by atoms with Crippen molar-refractivity contribution in [3.8, 4) is 0 Å². The third kappa shape index (κ3) is 2.72. The lowest BCUT2D eigenvalue weighted by molar-refractivity contribution is 0.0240. The molecule has 2 unspecified atom stereocenters. The van der Waals surface area contributed by atoms with Crippen molar-refractivity contribution in [3.63, 3.8) is 0 Å². The van der Waals surface area contributed by atoms with Gasteiger partial charge in [-0.1, -0.05) is 0 Å². The summed E-state index contributed by atoms with van der Waals surface area (Å²) < 4.78 is 0. The average Bonchev–Trinajstić information content (AvgIpc) is 2.27. The number of nitrogens with zero attached hydrogens (tertiary/aromatic N) is 1. The number of hydrogen-bond acceptors (Lipinski definition) is 5. The number of aromatic carboxylic acids is 1. The lowest BCUT2D eigenvalue weighted by atomic mass is 10.1. The van der Waals surface area contributed by atoms with Crippen molar-refractivity contribution in [1.29, 1.82) is 0 Å². The van der Waals surface area contributed by atoms with E-state index >= 15 is 0 Å². The summed E-state index contributed by atoms with van der Waals surface area (Å²) in [6, 6.07) is 1.25. The van der Waals surface area contributed by atoms with Crippen LogP contribution < -0.4 is 5.73 Å². The van der Waals surface area contributed by atoms with E-state index < -0.39 is 18.2 Å². The minimum absolute atomic E-state index is 0.0456. The van der Waals surface area contributed by atoms with Crippen molar-refractivity contribution < 1.29 is 20.1 Å². The lowest BCUT2D eigenvalue weighted by Gasteiger charge is -2.15. The fraction of sp³-hybridized carbons (Fsp3) is 0.333. The van der Waals surface area contributed by atoms with E-state index in [2.05, 4.69) is 4.98 Å². The Morgan fingerprint density at radius 1 is 1.47 bits per heavy atom. The molecule has 0 aromatic carbocycles. The van der Waals surface area contributed by atoms with E-state index in [0.717, 1.165) is 6.20 Å². The Bertz CT molecular complexity index is 356. The van der Waals surface area contributed by atoms with Crippen LogP contribution in [0.4, 0.5) is 0 Å². The number of nitrogens with two attached hydrogens (primary N) is 1. The molecule has 1 aromatic rings. The molecule has 0 radical (unpaired) electrons. The summed E-state index contributed by atoms with van der Waals surface area (Å²) >= 11 is 0. The van der Waals surface area contributed by atoms with Crippen molar-refractivity contribution in [1.82, 2.24) is 4.98 Å². The van der Waals surface area contributed by atoms with Crippen LogP contribution in [0.2, 0.25) is 0 Å². The maximum atomic E-state index is 10.6. The molecule has 0 spiro atoms. The van der Waals surface area contributed by atoms with Crippen LogP contribution in [0.5, 0.6) is 0 Å². The third-order valence-electron chi connectivity index (χ3n) is 1.95. The number of carboxylic acid groups (broad SMARTS) is 1. The van der Waals surface area contributed by atoms with E-state index in [9.17, 15) is 15.0 Å². The zero-order valence-corrected chi connectivity index (χ0v) is 7.87. The number of aliphatic hydroxyl groups is 2. The average molecular weight is 212 g/mol. The predicted molar refractivity (Wildman–Crippen MR) is 51.2 cm³/mol. The van der Waals surface area contributed by atoms with Crippen LogP contribution in [-0.2, 0) is 0 Å². The predicted octanol–water partition coefficient (Wildman–Crippen LogP) is -0.867. The first-order chi connectivity index (χ1) is 7.06. The molecule has 1 rings (SSSR count). The maximum Gasteiger partial charge on any atom is 0.337 e. The number of carboxylic acids is 1.